The normalized spacial score (nSPS) is 12.5. The number of thiophene rings is 1. The summed E-state index contributed by atoms with van der Waals surface area (Å²) in [6, 6.07) is 17.5. The number of carbonyl (C=O) groups is 8. The summed E-state index contributed by atoms with van der Waals surface area (Å²) in [6.45, 7) is 12.9. The van der Waals surface area contributed by atoms with Crippen LogP contribution in [-0.2, 0) is 90.3 Å². The fourth-order valence-electron chi connectivity index (χ4n) is 12.2. The molecule has 0 bridgehead atoms. The summed E-state index contributed by atoms with van der Waals surface area (Å²) < 4.78 is 42.4. The minimum Gasteiger partial charge on any atom is -0.491 e. The lowest BCUT2D eigenvalue weighted by Crippen LogP contribution is -2.33. The highest BCUT2D eigenvalue weighted by Crippen LogP contribution is 2.40. The molecule has 578 valence electrons. The molecule has 0 saturated heterocycles. The van der Waals surface area contributed by atoms with Crippen molar-refractivity contribution in [1.82, 2.24) is 63.9 Å². The van der Waals surface area contributed by atoms with Crippen molar-refractivity contribution in [1.29, 1.82) is 0 Å². The molecule has 4 amide bonds. The highest BCUT2D eigenvalue weighted by atomic mass is 35.5. The second kappa shape index (κ2) is 41.6. The van der Waals surface area contributed by atoms with Crippen molar-refractivity contribution in [3.05, 3.63) is 170 Å². The van der Waals surface area contributed by atoms with E-state index in [0.717, 1.165) is 59.2 Å². The second-order valence-corrected chi connectivity index (χ2v) is 28.1. The van der Waals surface area contributed by atoms with Crippen LogP contribution in [0.3, 0.4) is 0 Å². The Hall–Kier alpha value is -9.66. The minimum absolute atomic E-state index is 0.00152. The fourth-order valence-corrected chi connectivity index (χ4v) is 13.5. The number of hydrogen-bond donors (Lipinski definition) is 4. The first-order valence-electron chi connectivity index (χ1n) is 36.3. The average Bonchev–Trinajstić information content (AvgIpc) is 1.59. The topological polar surface area (TPSA) is 332 Å². The van der Waals surface area contributed by atoms with E-state index in [4.69, 9.17) is 45.0 Å². The Morgan fingerprint density at radius 2 is 1.18 bits per heavy atom. The number of nitrogens with one attached hydrogen (secondary N) is 4. The van der Waals surface area contributed by atoms with Crippen LogP contribution in [-0.4, -0.2) is 213 Å². The number of benzene rings is 2. The van der Waals surface area contributed by atoms with E-state index in [1.165, 1.54) is 4.88 Å². The molecule has 2 aromatic carbocycles. The van der Waals surface area contributed by atoms with Crippen molar-refractivity contribution >= 4 is 81.1 Å². The summed E-state index contributed by atoms with van der Waals surface area (Å²) in [5, 5.41) is 22.1. The van der Waals surface area contributed by atoms with Gasteiger partial charge in [-0.2, -0.15) is 0 Å². The molecular formula is C77H98ClN15O14S. The summed E-state index contributed by atoms with van der Waals surface area (Å²) in [4.78, 5) is 121. The number of Topliss-reactive ketones (excluding diaryl/α,β-unsaturated/α-hetero) is 4. The predicted molar refractivity (Wildman–Crippen MR) is 407 cm³/mol. The molecule has 6 aromatic heterocycles. The molecule has 1 aliphatic rings. The number of carbonyl (C=O) groups excluding carboxylic acids is 8. The Kier molecular flexibility index (Phi) is 31.8. The number of halogens is 1. The molecule has 4 N–H and O–H groups in total. The fraction of sp³-hybridized carbons (Fsp3) is 0.468. The molecule has 1 atom stereocenters. The molecule has 0 spiro atoms. The first-order valence-corrected chi connectivity index (χ1v) is 37.5. The lowest BCUT2D eigenvalue weighted by Gasteiger charge is -2.17. The van der Waals surface area contributed by atoms with Gasteiger partial charge in [-0.1, -0.05) is 23.7 Å². The highest BCUT2D eigenvalue weighted by molar-refractivity contribution is 7.15. The zero-order valence-electron chi connectivity index (χ0n) is 62.8. The van der Waals surface area contributed by atoms with Gasteiger partial charge in [0.05, 0.1) is 96.0 Å². The molecule has 1 aliphatic heterocycles. The van der Waals surface area contributed by atoms with Crippen LogP contribution in [0.25, 0.3) is 5.00 Å². The molecule has 29 nitrogen and oxygen atoms in total. The molecule has 108 heavy (non-hydrogen) atoms. The number of amides is 4. The maximum absolute atomic E-state index is 13.6. The van der Waals surface area contributed by atoms with Crippen LogP contribution < -0.4 is 26.0 Å². The number of anilines is 1. The highest BCUT2D eigenvalue weighted by Gasteiger charge is 2.33. The number of rotatable bonds is 48. The van der Waals surface area contributed by atoms with Crippen molar-refractivity contribution in [2.24, 2.45) is 33.2 Å². The molecule has 0 aliphatic carbocycles. The summed E-state index contributed by atoms with van der Waals surface area (Å²) in [5.74, 6) is 0.887. The van der Waals surface area contributed by atoms with E-state index in [0.29, 0.717) is 142 Å². The zero-order chi connectivity index (χ0) is 77.1. The molecular weight excluding hydrogens is 1430 g/mol. The monoisotopic (exact) mass is 1520 g/mol. The van der Waals surface area contributed by atoms with Gasteiger partial charge < -0.3 is 72.9 Å². The van der Waals surface area contributed by atoms with Gasteiger partial charge in [-0.15, -0.1) is 21.5 Å². The number of fused-ring (bicyclic) bond motifs is 3. The Morgan fingerprint density at radius 3 is 1.81 bits per heavy atom. The Balaban J connectivity index is 0.514. The molecule has 0 fully saturated rings. The van der Waals surface area contributed by atoms with Gasteiger partial charge in [-0.25, -0.2) is 9.97 Å². The third kappa shape index (κ3) is 24.7. The summed E-state index contributed by atoms with van der Waals surface area (Å²) in [5.41, 5.74) is 6.94. The number of ketones is 4. The van der Waals surface area contributed by atoms with E-state index >= 15 is 0 Å². The van der Waals surface area contributed by atoms with Gasteiger partial charge in [0.1, 0.15) is 40.7 Å². The largest absolute Gasteiger partial charge is 0.491 e. The molecule has 31 heteroatoms. The number of imidazole rings is 2. The first kappa shape index (κ1) is 82.4. The molecule has 8 aromatic rings. The average molecular weight is 1530 g/mol. The quantitative estimate of drug-likeness (QED) is 0.0210. The van der Waals surface area contributed by atoms with Crippen molar-refractivity contribution < 1.29 is 66.8 Å². The van der Waals surface area contributed by atoms with E-state index in [1.807, 2.05) is 42.8 Å². The zero-order valence-corrected chi connectivity index (χ0v) is 64.3. The van der Waals surface area contributed by atoms with E-state index in [9.17, 15) is 38.4 Å². The van der Waals surface area contributed by atoms with E-state index in [1.54, 1.807) is 125 Å². The summed E-state index contributed by atoms with van der Waals surface area (Å²) in [7, 11) is 8.85. The predicted octanol–water partition coefficient (Wildman–Crippen LogP) is 7.60. The second-order valence-electron chi connectivity index (χ2n) is 26.5. The van der Waals surface area contributed by atoms with E-state index < -0.39 is 6.04 Å². The van der Waals surface area contributed by atoms with Gasteiger partial charge in [-0.05, 0) is 125 Å². The van der Waals surface area contributed by atoms with Crippen molar-refractivity contribution in [2.45, 2.75) is 97.4 Å². The van der Waals surface area contributed by atoms with Crippen LogP contribution in [0.2, 0.25) is 5.02 Å². The smallest absolute Gasteiger partial charge is 0.267 e. The summed E-state index contributed by atoms with van der Waals surface area (Å²) >= 11 is 7.92. The number of hydrogen-bond acceptors (Lipinski definition) is 21. The molecule has 0 radical (unpaired) electrons. The first-order chi connectivity index (χ1) is 52.1. The summed E-state index contributed by atoms with van der Waals surface area (Å²) in [6.07, 6.45) is 10.9. The van der Waals surface area contributed by atoms with E-state index in [-0.39, 0.29) is 117 Å². The standard InChI is InChI=1S/C77H98ClN15O14S/c1-51-52(2)108-77-71(51)72(56-14-16-57(78)17-15-56)85-62(73-87-86-53(3)93(73)77)47-70(100)83-58-18-20-61(21-19-58)107-41-40-106-39-38-105-37-36-104-35-34-103-33-32-102-31-23-69(99)80-25-11-29-88(4)28-10-24-79-68(98)22-26-82-76(101)64-43-55(49-91(64)7)45-67(97)75-84-59(50-92(75)8)46-60(94)12-9-13-65(95)63-42-54(48-90(63)6)44-66(96)74-81-27-30-89(74)5/h14-21,27,30,42-43,48-50,62H,9-13,22-26,28-29,31-41,44-47H2,1-8H3,(H,79,98)(H,80,99)(H,82,101)(H,83,100)/t62-/m0/s1. The Morgan fingerprint density at radius 1 is 0.583 bits per heavy atom. The minimum atomic E-state index is -0.591. The lowest BCUT2D eigenvalue weighted by atomic mass is 9.99. The number of aliphatic imine (C=N–C) groups is 1. The Bertz CT molecular complexity index is 4400. The van der Waals surface area contributed by atoms with Crippen LogP contribution in [0.5, 0.6) is 5.75 Å². The molecule has 7 heterocycles. The third-order valence-corrected chi connectivity index (χ3v) is 19.3. The number of ether oxygens (including phenoxy) is 6. The van der Waals surface area contributed by atoms with Crippen molar-refractivity contribution in [3.8, 4) is 10.8 Å². The Labute approximate surface area is 637 Å². The van der Waals surface area contributed by atoms with Gasteiger partial charge in [0, 0.05) is 144 Å². The SMILES string of the molecule is Cc1sc2c(c1C)C(c1ccc(Cl)cc1)=N[C@@H](CC(=O)Nc1ccc(OCCOCCOCCOCCOCCOCCC(=O)NCCCN(C)CCCNC(=O)CCNC(=O)c3cc(CC(=O)c4nc(CC(=O)CCCC(=O)c5cc(CC(=O)c6nccn6C)cn5C)cn4C)cn3C)cc1)c1nnc(C)n1-2. The van der Waals surface area contributed by atoms with Gasteiger partial charge >= 0.3 is 0 Å². The van der Waals surface area contributed by atoms with Crippen molar-refractivity contribution in [3.63, 3.8) is 0 Å². The molecule has 0 unspecified atom stereocenters. The van der Waals surface area contributed by atoms with Gasteiger partial charge in [0.25, 0.3) is 5.91 Å². The van der Waals surface area contributed by atoms with E-state index in [2.05, 4.69) is 60.2 Å². The lowest BCUT2D eigenvalue weighted by molar-refractivity contribution is -0.122. The van der Waals surface area contributed by atoms with Crippen LogP contribution >= 0.6 is 22.9 Å². The van der Waals surface area contributed by atoms with Gasteiger partial charge in [0.2, 0.25) is 29.3 Å². The maximum Gasteiger partial charge on any atom is 0.267 e. The van der Waals surface area contributed by atoms with Crippen LogP contribution in [0.1, 0.15) is 150 Å². The third-order valence-electron chi connectivity index (χ3n) is 17.9. The number of nitrogens with zero attached hydrogens (tertiary/aromatic N) is 11. The van der Waals surface area contributed by atoms with Crippen LogP contribution in [0.15, 0.2) is 96.6 Å². The van der Waals surface area contributed by atoms with Crippen LogP contribution in [0, 0.1) is 20.8 Å². The molecule has 0 saturated carbocycles. The van der Waals surface area contributed by atoms with Gasteiger partial charge in [-0.3, -0.25) is 47.9 Å². The number of aromatic nitrogens is 9. The van der Waals surface area contributed by atoms with Gasteiger partial charge in [0.15, 0.2) is 23.3 Å². The van der Waals surface area contributed by atoms with Crippen molar-refractivity contribution in [2.75, 3.05) is 118 Å². The number of aryl methyl sites for hydroxylation is 6. The maximum atomic E-state index is 13.6. The molecule has 9 rings (SSSR count). The van der Waals surface area contributed by atoms with Crippen LogP contribution in [0.4, 0.5) is 5.69 Å².